The lowest BCUT2D eigenvalue weighted by molar-refractivity contribution is 0.598. The molecule has 0 aliphatic carbocycles. The second-order valence-corrected chi connectivity index (χ2v) is 5.83. The molecule has 1 aromatic carbocycles. The van der Waals surface area contributed by atoms with Gasteiger partial charge in [-0.15, -0.1) is 0 Å². The van der Waals surface area contributed by atoms with Crippen LogP contribution >= 0.6 is 11.6 Å². The molecule has 2 aromatic rings. The number of aromatic nitrogens is 2. The molecule has 8 heteroatoms. The second-order valence-electron chi connectivity index (χ2n) is 3.79. The van der Waals surface area contributed by atoms with Crippen LogP contribution in [0.5, 0.6) is 0 Å². The number of nitriles is 1. The Morgan fingerprint density at radius 1 is 1.47 bits per heavy atom. The third-order valence-electron chi connectivity index (χ3n) is 2.30. The number of benzene rings is 1. The topological polar surface area (TPSA) is 87.8 Å². The first-order valence-corrected chi connectivity index (χ1v) is 6.99. The highest BCUT2D eigenvalue weighted by atomic mass is 35.5. The maximum Gasteiger partial charge on any atom is 0.280 e. The maximum atomic E-state index is 12.0. The molecule has 1 aromatic heterocycles. The molecule has 98 valence electrons. The van der Waals surface area contributed by atoms with Gasteiger partial charge in [0.15, 0.2) is 5.03 Å². The Balaban J connectivity index is 2.38. The quantitative estimate of drug-likeness (QED) is 0.934. The molecule has 0 aliphatic heterocycles. The molecule has 0 aliphatic rings. The third kappa shape index (κ3) is 2.86. The monoisotopic (exact) mass is 296 g/mol. The number of imidazole rings is 1. The number of hydrogen-bond donors (Lipinski definition) is 1. The zero-order chi connectivity index (χ0) is 14.0. The highest BCUT2D eigenvalue weighted by molar-refractivity contribution is 7.92. The van der Waals surface area contributed by atoms with E-state index < -0.39 is 10.0 Å². The van der Waals surface area contributed by atoms with Gasteiger partial charge in [-0.3, -0.25) is 4.72 Å². The summed E-state index contributed by atoms with van der Waals surface area (Å²) < 4.78 is 27.9. The summed E-state index contributed by atoms with van der Waals surface area (Å²) in [6, 6.07) is 6.23. The number of anilines is 1. The summed E-state index contributed by atoms with van der Waals surface area (Å²) in [7, 11) is -2.15. The highest BCUT2D eigenvalue weighted by Gasteiger charge is 2.18. The van der Waals surface area contributed by atoms with Crippen LogP contribution in [0.3, 0.4) is 0 Å². The predicted molar refractivity (Wildman–Crippen MR) is 70.2 cm³/mol. The Hall–Kier alpha value is -2.04. The first kappa shape index (κ1) is 13.4. The van der Waals surface area contributed by atoms with Crippen molar-refractivity contribution in [3.63, 3.8) is 0 Å². The van der Waals surface area contributed by atoms with Gasteiger partial charge in [-0.05, 0) is 18.2 Å². The fourth-order valence-corrected chi connectivity index (χ4v) is 2.67. The van der Waals surface area contributed by atoms with Gasteiger partial charge in [0.1, 0.15) is 0 Å². The number of rotatable bonds is 3. The molecular weight excluding hydrogens is 288 g/mol. The Kier molecular flexibility index (Phi) is 3.46. The summed E-state index contributed by atoms with van der Waals surface area (Å²) in [4.78, 5) is 3.76. The van der Waals surface area contributed by atoms with Gasteiger partial charge in [-0.2, -0.15) is 13.7 Å². The van der Waals surface area contributed by atoms with Gasteiger partial charge in [-0.25, -0.2) is 4.98 Å². The number of halogens is 1. The van der Waals surface area contributed by atoms with Crippen molar-refractivity contribution >= 4 is 27.3 Å². The predicted octanol–water partition coefficient (Wildman–Crippen LogP) is 1.75. The lowest BCUT2D eigenvalue weighted by Gasteiger charge is -2.07. The fourth-order valence-electron chi connectivity index (χ4n) is 1.40. The molecule has 0 spiro atoms. The molecule has 0 bridgehead atoms. The Labute approximate surface area is 115 Å². The van der Waals surface area contributed by atoms with Crippen molar-refractivity contribution in [2.75, 3.05) is 4.72 Å². The molecule has 1 heterocycles. The SMILES string of the molecule is Cn1cnc(S(=O)(=O)Nc2cc(C#N)ccc2Cl)c1. The summed E-state index contributed by atoms with van der Waals surface area (Å²) in [5.74, 6) is 0. The molecule has 0 atom stereocenters. The van der Waals surface area contributed by atoms with E-state index >= 15 is 0 Å². The van der Waals surface area contributed by atoms with E-state index in [2.05, 4.69) is 9.71 Å². The van der Waals surface area contributed by atoms with E-state index in [0.717, 1.165) is 0 Å². The largest absolute Gasteiger partial charge is 0.339 e. The van der Waals surface area contributed by atoms with Crippen LogP contribution < -0.4 is 4.72 Å². The van der Waals surface area contributed by atoms with Crippen molar-refractivity contribution in [3.05, 3.63) is 41.3 Å². The van der Waals surface area contributed by atoms with Crippen LogP contribution in [0.25, 0.3) is 0 Å². The van der Waals surface area contributed by atoms with E-state index in [1.165, 1.54) is 35.3 Å². The van der Waals surface area contributed by atoms with Crippen LogP contribution in [0.1, 0.15) is 5.56 Å². The number of aryl methyl sites for hydroxylation is 1. The smallest absolute Gasteiger partial charge is 0.280 e. The van der Waals surface area contributed by atoms with E-state index in [0.29, 0.717) is 5.56 Å². The highest BCUT2D eigenvalue weighted by Crippen LogP contribution is 2.25. The maximum absolute atomic E-state index is 12.0. The Bertz CT molecular complexity index is 761. The van der Waals surface area contributed by atoms with Gasteiger partial charge in [0.2, 0.25) is 0 Å². The van der Waals surface area contributed by atoms with Crippen LogP contribution in [0.2, 0.25) is 5.02 Å². The molecule has 0 fully saturated rings. The van der Waals surface area contributed by atoms with Crippen LogP contribution in [0, 0.1) is 11.3 Å². The van der Waals surface area contributed by atoms with Gasteiger partial charge < -0.3 is 4.57 Å². The van der Waals surface area contributed by atoms with Crippen molar-refractivity contribution < 1.29 is 8.42 Å². The number of sulfonamides is 1. The Morgan fingerprint density at radius 2 is 2.21 bits per heavy atom. The van der Waals surface area contributed by atoms with E-state index in [1.807, 2.05) is 6.07 Å². The van der Waals surface area contributed by atoms with Gasteiger partial charge in [0.25, 0.3) is 10.0 Å². The van der Waals surface area contributed by atoms with Gasteiger partial charge >= 0.3 is 0 Å². The van der Waals surface area contributed by atoms with Crippen molar-refractivity contribution in [2.45, 2.75) is 5.03 Å². The normalized spacial score (nSPS) is 11.0. The minimum absolute atomic E-state index is 0.117. The zero-order valence-electron chi connectivity index (χ0n) is 9.83. The van der Waals surface area contributed by atoms with E-state index in [-0.39, 0.29) is 15.7 Å². The second kappa shape index (κ2) is 4.91. The Morgan fingerprint density at radius 3 is 2.79 bits per heavy atom. The summed E-state index contributed by atoms with van der Waals surface area (Å²) >= 11 is 5.89. The lowest BCUT2D eigenvalue weighted by atomic mass is 10.2. The van der Waals surface area contributed by atoms with Crippen LogP contribution in [0.4, 0.5) is 5.69 Å². The van der Waals surface area contributed by atoms with Crippen molar-refractivity contribution in [3.8, 4) is 6.07 Å². The van der Waals surface area contributed by atoms with Gasteiger partial charge in [0, 0.05) is 13.2 Å². The van der Waals surface area contributed by atoms with E-state index in [1.54, 1.807) is 7.05 Å². The molecule has 0 saturated carbocycles. The molecule has 19 heavy (non-hydrogen) atoms. The summed E-state index contributed by atoms with van der Waals surface area (Å²) in [6.07, 6.45) is 2.74. The first-order chi connectivity index (χ1) is 8.92. The standard InChI is InChI=1S/C11H9ClN4O2S/c1-16-6-11(14-7-16)19(17,18)15-10-4-8(5-13)2-3-9(10)12/h2-4,6-7,15H,1H3. The van der Waals surface area contributed by atoms with Crippen molar-refractivity contribution in [1.82, 2.24) is 9.55 Å². The van der Waals surface area contributed by atoms with Gasteiger partial charge in [-0.1, -0.05) is 11.6 Å². The average Bonchev–Trinajstić information content (AvgIpc) is 2.79. The molecule has 6 nitrogen and oxygen atoms in total. The summed E-state index contributed by atoms with van der Waals surface area (Å²) in [6.45, 7) is 0. The van der Waals surface area contributed by atoms with Gasteiger partial charge in [0.05, 0.1) is 28.7 Å². The molecule has 2 rings (SSSR count). The summed E-state index contributed by atoms with van der Waals surface area (Å²) in [5, 5.41) is 8.88. The molecule has 1 N–H and O–H groups in total. The molecule has 0 saturated heterocycles. The molecule has 0 unspecified atom stereocenters. The zero-order valence-corrected chi connectivity index (χ0v) is 11.4. The minimum atomic E-state index is -3.82. The number of nitrogens with one attached hydrogen (secondary N) is 1. The van der Waals surface area contributed by atoms with E-state index in [9.17, 15) is 8.42 Å². The van der Waals surface area contributed by atoms with Crippen LogP contribution in [0.15, 0.2) is 35.7 Å². The van der Waals surface area contributed by atoms with Crippen molar-refractivity contribution in [1.29, 1.82) is 5.26 Å². The van der Waals surface area contributed by atoms with Crippen molar-refractivity contribution in [2.24, 2.45) is 7.05 Å². The fraction of sp³-hybridized carbons (Fsp3) is 0.0909. The lowest BCUT2D eigenvalue weighted by Crippen LogP contribution is -2.13. The van der Waals surface area contributed by atoms with Crippen LogP contribution in [-0.4, -0.2) is 18.0 Å². The van der Waals surface area contributed by atoms with E-state index in [4.69, 9.17) is 16.9 Å². The minimum Gasteiger partial charge on any atom is -0.339 e. The molecule has 0 amide bonds. The molecular formula is C11H9ClN4O2S. The third-order valence-corrected chi connectivity index (χ3v) is 3.88. The first-order valence-electron chi connectivity index (χ1n) is 5.13. The average molecular weight is 297 g/mol. The number of nitrogens with zero attached hydrogens (tertiary/aromatic N) is 3. The van der Waals surface area contributed by atoms with Crippen LogP contribution in [-0.2, 0) is 17.1 Å². The molecule has 0 radical (unpaired) electrons. The summed E-state index contributed by atoms with van der Waals surface area (Å²) in [5.41, 5.74) is 0.453. The number of hydrogen-bond acceptors (Lipinski definition) is 4.